The van der Waals surface area contributed by atoms with Gasteiger partial charge in [0.05, 0.1) is 12.7 Å². The standard InChI is InChI=1S/C25H40O3/c1-22(2)10-6-11-23(3)16(22)9-12-24(4)17-8-7-15-14-28-21(27)20(15)25(17,5)19(26)13-18(23)24/h7,16-21,26-27H,6,8-14H2,1-5H3/t16-,17-,18+,19+,20+,21+,23-,24-,25+/m0/s1. The van der Waals surface area contributed by atoms with Crippen LogP contribution in [0.4, 0.5) is 0 Å². The number of allylic oxidation sites excluding steroid dienone is 1. The van der Waals surface area contributed by atoms with Crippen molar-refractivity contribution < 1.29 is 14.9 Å². The Morgan fingerprint density at radius 3 is 2.39 bits per heavy atom. The van der Waals surface area contributed by atoms with Gasteiger partial charge in [-0.05, 0) is 78.1 Å². The van der Waals surface area contributed by atoms with Gasteiger partial charge in [0, 0.05) is 11.3 Å². The van der Waals surface area contributed by atoms with Gasteiger partial charge in [-0.25, -0.2) is 0 Å². The van der Waals surface area contributed by atoms with Crippen LogP contribution in [-0.4, -0.2) is 29.2 Å². The Labute approximate surface area is 170 Å². The molecule has 158 valence electrons. The van der Waals surface area contributed by atoms with Crippen LogP contribution in [0.15, 0.2) is 11.6 Å². The summed E-state index contributed by atoms with van der Waals surface area (Å²) in [5.74, 6) is 1.72. The summed E-state index contributed by atoms with van der Waals surface area (Å²) < 4.78 is 5.64. The molecule has 4 fully saturated rings. The van der Waals surface area contributed by atoms with Gasteiger partial charge in [0.15, 0.2) is 6.29 Å². The summed E-state index contributed by atoms with van der Waals surface area (Å²) in [5.41, 5.74) is 1.92. The molecule has 0 spiro atoms. The van der Waals surface area contributed by atoms with E-state index in [-0.39, 0.29) is 22.9 Å². The summed E-state index contributed by atoms with van der Waals surface area (Å²) in [6, 6.07) is 0. The fraction of sp³-hybridized carbons (Fsp3) is 0.920. The van der Waals surface area contributed by atoms with Crippen LogP contribution in [-0.2, 0) is 4.74 Å². The molecule has 0 aromatic carbocycles. The maximum Gasteiger partial charge on any atom is 0.162 e. The van der Waals surface area contributed by atoms with Gasteiger partial charge in [-0.15, -0.1) is 0 Å². The number of aliphatic hydroxyl groups excluding tert-OH is 2. The van der Waals surface area contributed by atoms with Crippen molar-refractivity contribution >= 4 is 0 Å². The van der Waals surface area contributed by atoms with E-state index in [1.54, 1.807) is 0 Å². The van der Waals surface area contributed by atoms with E-state index in [0.717, 1.165) is 18.8 Å². The molecule has 9 atom stereocenters. The third-order valence-corrected chi connectivity index (χ3v) is 11.0. The molecule has 1 aliphatic heterocycles. The third-order valence-electron chi connectivity index (χ3n) is 11.0. The normalized spacial score (nSPS) is 57.5. The third kappa shape index (κ3) is 2.22. The van der Waals surface area contributed by atoms with Crippen molar-refractivity contribution in [2.45, 2.75) is 92.0 Å². The first-order valence-electron chi connectivity index (χ1n) is 11.7. The minimum Gasteiger partial charge on any atom is -0.393 e. The minimum atomic E-state index is -0.755. The Morgan fingerprint density at radius 2 is 1.64 bits per heavy atom. The molecular formula is C25H40O3. The van der Waals surface area contributed by atoms with Crippen molar-refractivity contribution in [3.8, 4) is 0 Å². The molecule has 3 saturated carbocycles. The first kappa shape index (κ1) is 19.6. The highest BCUT2D eigenvalue weighted by molar-refractivity contribution is 5.27. The molecule has 1 heterocycles. The van der Waals surface area contributed by atoms with E-state index in [1.165, 1.54) is 37.7 Å². The second-order valence-corrected chi connectivity index (χ2v) is 12.4. The lowest BCUT2D eigenvalue weighted by Gasteiger charge is -2.70. The van der Waals surface area contributed by atoms with Gasteiger partial charge in [0.2, 0.25) is 0 Å². The van der Waals surface area contributed by atoms with Gasteiger partial charge in [-0.1, -0.05) is 47.1 Å². The van der Waals surface area contributed by atoms with Gasteiger partial charge in [-0.3, -0.25) is 0 Å². The molecule has 3 heteroatoms. The van der Waals surface area contributed by atoms with Crippen molar-refractivity contribution in [2.75, 3.05) is 6.61 Å². The van der Waals surface area contributed by atoms with Crippen LogP contribution in [0.5, 0.6) is 0 Å². The SMILES string of the molecule is CC1(C)CCC[C@]2(C)[C@H]3C[C@@H](O)[C@]4(C)[C@@H]5C(=CC[C@H]4[C@]3(C)CC[C@@H]12)CO[C@H]5O. The van der Waals surface area contributed by atoms with Gasteiger partial charge < -0.3 is 14.9 Å². The molecule has 0 aromatic heterocycles. The van der Waals surface area contributed by atoms with Crippen molar-refractivity contribution in [1.82, 2.24) is 0 Å². The van der Waals surface area contributed by atoms with Crippen LogP contribution in [0.1, 0.15) is 79.6 Å². The average Bonchev–Trinajstić information content (AvgIpc) is 2.99. The molecular weight excluding hydrogens is 348 g/mol. The van der Waals surface area contributed by atoms with Crippen molar-refractivity contribution in [1.29, 1.82) is 0 Å². The quantitative estimate of drug-likeness (QED) is 0.579. The Morgan fingerprint density at radius 1 is 0.929 bits per heavy atom. The summed E-state index contributed by atoms with van der Waals surface area (Å²) in [6.07, 6.45) is 9.73. The molecule has 0 unspecified atom stereocenters. The van der Waals surface area contributed by atoms with Crippen molar-refractivity contribution in [3.05, 3.63) is 11.6 Å². The van der Waals surface area contributed by atoms with Crippen LogP contribution < -0.4 is 0 Å². The summed E-state index contributed by atoms with van der Waals surface area (Å²) >= 11 is 0. The Balaban J connectivity index is 1.59. The molecule has 4 aliphatic carbocycles. The second-order valence-electron chi connectivity index (χ2n) is 12.4. The van der Waals surface area contributed by atoms with E-state index in [0.29, 0.717) is 29.3 Å². The fourth-order valence-corrected chi connectivity index (χ4v) is 9.72. The molecule has 0 radical (unpaired) electrons. The smallest absolute Gasteiger partial charge is 0.162 e. The largest absolute Gasteiger partial charge is 0.393 e. The zero-order valence-corrected chi connectivity index (χ0v) is 18.5. The first-order chi connectivity index (χ1) is 13.0. The van der Waals surface area contributed by atoms with Gasteiger partial charge in [-0.2, -0.15) is 0 Å². The van der Waals surface area contributed by atoms with Crippen LogP contribution in [0.25, 0.3) is 0 Å². The number of hydrogen-bond donors (Lipinski definition) is 2. The maximum atomic E-state index is 11.6. The average molecular weight is 389 g/mol. The molecule has 2 N–H and O–H groups in total. The Kier molecular flexibility index (Phi) is 4.09. The van der Waals surface area contributed by atoms with Crippen molar-refractivity contribution in [2.24, 2.45) is 45.3 Å². The van der Waals surface area contributed by atoms with Crippen molar-refractivity contribution in [3.63, 3.8) is 0 Å². The van der Waals surface area contributed by atoms with Gasteiger partial charge >= 0.3 is 0 Å². The van der Waals surface area contributed by atoms with Gasteiger partial charge in [0.25, 0.3) is 0 Å². The first-order valence-corrected chi connectivity index (χ1v) is 11.7. The van der Waals surface area contributed by atoms with Crippen LogP contribution >= 0.6 is 0 Å². The molecule has 5 aliphatic rings. The topological polar surface area (TPSA) is 49.7 Å². The molecule has 3 nitrogen and oxygen atoms in total. The van der Waals surface area contributed by atoms with E-state index >= 15 is 0 Å². The maximum absolute atomic E-state index is 11.6. The van der Waals surface area contributed by atoms with Crippen LogP contribution in [0.2, 0.25) is 0 Å². The zero-order valence-electron chi connectivity index (χ0n) is 18.5. The number of hydrogen-bond acceptors (Lipinski definition) is 3. The number of aliphatic hydroxyl groups is 2. The molecule has 0 bridgehead atoms. The summed E-state index contributed by atoms with van der Waals surface area (Å²) in [5, 5.41) is 22.3. The molecule has 5 rings (SSSR count). The molecule has 0 amide bonds. The predicted octanol–water partition coefficient (Wildman–Crippen LogP) is 4.92. The van der Waals surface area contributed by atoms with Crippen LogP contribution in [0.3, 0.4) is 0 Å². The molecule has 0 aromatic rings. The Bertz CT molecular complexity index is 698. The van der Waals surface area contributed by atoms with Crippen LogP contribution in [0, 0.1) is 45.3 Å². The van der Waals surface area contributed by atoms with E-state index in [4.69, 9.17) is 4.74 Å². The minimum absolute atomic E-state index is 0.0349. The summed E-state index contributed by atoms with van der Waals surface area (Å²) in [7, 11) is 0. The van der Waals surface area contributed by atoms with E-state index in [1.807, 2.05) is 0 Å². The monoisotopic (exact) mass is 388 g/mol. The predicted molar refractivity (Wildman–Crippen MR) is 110 cm³/mol. The van der Waals surface area contributed by atoms with E-state index in [2.05, 4.69) is 40.7 Å². The highest BCUT2D eigenvalue weighted by Crippen LogP contribution is 2.73. The number of rotatable bonds is 0. The Hall–Kier alpha value is -0.380. The van der Waals surface area contributed by atoms with E-state index < -0.39 is 6.29 Å². The lowest BCUT2D eigenvalue weighted by molar-refractivity contribution is -0.247. The zero-order chi connectivity index (χ0) is 20.1. The lowest BCUT2D eigenvalue weighted by atomic mass is 9.35. The van der Waals surface area contributed by atoms with Gasteiger partial charge in [0.1, 0.15) is 0 Å². The molecule has 28 heavy (non-hydrogen) atoms. The second kappa shape index (κ2) is 5.86. The van der Waals surface area contributed by atoms with E-state index in [9.17, 15) is 10.2 Å². The highest BCUT2D eigenvalue weighted by Gasteiger charge is 2.69. The summed E-state index contributed by atoms with van der Waals surface area (Å²) in [6.45, 7) is 12.9. The lowest BCUT2D eigenvalue weighted by Crippen LogP contribution is -2.66. The summed E-state index contributed by atoms with van der Waals surface area (Å²) in [4.78, 5) is 0. The fourth-order valence-electron chi connectivity index (χ4n) is 9.72. The number of fused-ring (bicyclic) bond motifs is 7. The highest BCUT2D eigenvalue weighted by atomic mass is 16.6. The molecule has 1 saturated heterocycles. The number of ether oxygens (including phenoxy) is 1.